The monoisotopic (exact) mass is 267 g/mol. The Kier molecular flexibility index (Phi) is 4.35. The number of hydrogen-bond acceptors (Lipinski definition) is 4. The van der Waals surface area contributed by atoms with Crippen molar-refractivity contribution in [3.05, 3.63) is 59.7 Å². The molecule has 0 aliphatic heterocycles. The van der Waals surface area contributed by atoms with Crippen molar-refractivity contribution in [2.24, 2.45) is 0 Å². The third-order valence-corrected chi connectivity index (χ3v) is 2.56. The second kappa shape index (κ2) is 6.39. The number of hydrogen-bond donors (Lipinski definition) is 0. The Balaban J connectivity index is 2.11. The standard InChI is InChI=1S/C16H13NO3/c1-2-19-16(18)13-6-8-14(9-7-13)20-15-5-3-4-12(10-15)11-17/h3-10H,2H2,1H3. The van der Waals surface area contributed by atoms with Gasteiger partial charge in [-0.15, -0.1) is 0 Å². The van der Waals surface area contributed by atoms with Crippen LogP contribution in [-0.2, 0) is 4.74 Å². The molecule has 0 fully saturated rings. The Morgan fingerprint density at radius 1 is 1.15 bits per heavy atom. The molecule has 0 unspecified atom stereocenters. The van der Waals surface area contributed by atoms with Crippen LogP contribution in [0, 0.1) is 11.3 Å². The van der Waals surface area contributed by atoms with E-state index in [-0.39, 0.29) is 5.97 Å². The van der Waals surface area contributed by atoms with Gasteiger partial charge in [0.15, 0.2) is 0 Å². The van der Waals surface area contributed by atoms with Gasteiger partial charge in [0.05, 0.1) is 23.8 Å². The van der Waals surface area contributed by atoms with E-state index >= 15 is 0 Å². The predicted molar refractivity (Wildman–Crippen MR) is 73.6 cm³/mol. The number of rotatable bonds is 4. The van der Waals surface area contributed by atoms with Crippen molar-refractivity contribution in [1.29, 1.82) is 5.26 Å². The topological polar surface area (TPSA) is 59.3 Å². The highest BCUT2D eigenvalue weighted by Gasteiger charge is 2.06. The van der Waals surface area contributed by atoms with Gasteiger partial charge in [-0.1, -0.05) is 6.07 Å². The summed E-state index contributed by atoms with van der Waals surface area (Å²) in [5.74, 6) is 0.812. The molecule has 0 bridgehead atoms. The fraction of sp³-hybridized carbons (Fsp3) is 0.125. The molecule has 0 amide bonds. The summed E-state index contributed by atoms with van der Waals surface area (Å²) >= 11 is 0. The van der Waals surface area contributed by atoms with E-state index < -0.39 is 0 Å². The fourth-order valence-electron chi connectivity index (χ4n) is 1.64. The average Bonchev–Trinajstić information content (AvgIpc) is 2.48. The van der Waals surface area contributed by atoms with Gasteiger partial charge >= 0.3 is 5.97 Å². The van der Waals surface area contributed by atoms with Gasteiger partial charge < -0.3 is 9.47 Å². The highest BCUT2D eigenvalue weighted by atomic mass is 16.5. The van der Waals surface area contributed by atoms with Crippen LogP contribution >= 0.6 is 0 Å². The second-order valence-corrected chi connectivity index (χ2v) is 3.99. The normalized spacial score (nSPS) is 9.60. The van der Waals surface area contributed by atoms with E-state index in [0.717, 1.165) is 0 Å². The van der Waals surface area contributed by atoms with Gasteiger partial charge in [0, 0.05) is 0 Å². The summed E-state index contributed by atoms with van der Waals surface area (Å²) in [5.41, 5.74) is 1.01. The second-order valence-electron chi connectivity index (χ2n) is 3.99. The maximum Gasteiger partial charge on any atom is 0.338 e. The van der Waals surface area contributed by atoms with E-state index in [4.69, 9.17) is 14.7 Å². The van der Waals surface area contributed by atoms with Gasteiger partial charge in [-0.3, -0.25) is 0 Å². The van der Waals surface area contributed by atoms with Gasteiger partial charge in [0.25, 0.3) is 0 Å². The summed E-state index contributed by atoms with van der Waals surface area (Å²) in [6.45, 7) is 2.11. The smallest absolute Gasteiger partial charge is 0.338 e. The average molecular weight is 267 g/mol. The summed E-state index contributed by atoms with van der Waals surface area (Å²) in [5, 5.41) is 8.82. The first-order valence-corrected chi connectivity index (χ1v) is 6.18. The van der Waals surface area contributed by atoms with Crippen LogP contribution in [0.4, 0.5) is 0 Å². The molecule has 0 aliphatic carbocycles. The molecule has 20 heavy (non-hydrogen) atoms. The van der Waals surface area contributed by atoms with E-state index in [1.807, 2.05) is 0 Å². The van der Waals surface area contributed by atoms with Crippen LogP contribution in [0.3, 0.4) is 0 Å². The SMILES string of the molecule is CCOC(=O)c1ccc(Oc2cccc(C#N)c2)cc1. The molecule has 100 valence electrons. The van der Waals surface area contributed by atoms with E-state index in [0.29, 0.717) is 29.2 Å². The van der Waals surface area contributed by atoms with E-state index in [9.17, 15) is 4.79 Å². The lowest BCUT2D eigenvalue weighted by Crippen LogP contribution is -2.03. The molecular weight excluding hydrogens is 254 g/mol. The Bertz CT molecular complexity index is 642. The first-order valence-electron chi connectivity index (χ1n) is 6.18. The Hall–Kier alpha value is -2.80. The number of benzene rings is 2. The number of nitriles is 1. The molecule has 0 saturated heterocycles. The largest absolute Gasteiger partial charge is 0.462 e. The van der Waals surface area contributed by atoms with Crippen LogP contribution in [0.1, 0.15) is 22.8 Å². The molecule has 0 N–H and O–H groups in total. The molecule has 0 aromatic heterocycles. The first-order chi connectivity index (χ1) is 9.72. The van der Waals surface area contributed by atoms with Gasteiger partial charge in [0.1, 0.15) is 11.5 Å². The molecule has 2 rings (SSSR count). The fourth-order valence-corrected chi connectivity index (χ4v) is 1.64. The van der Waals surface area contributed by atoms with Crippen LogP contribution < -0.4 is 4.74 Å². The molecule has 0 atom stereocenters. The Morgan fingerprint density at radius 2 is 1.90 bits per heavy atom. The quantitative estimate of drug-likeness (QED) is 0.795. The van der Waals surface area contributed by atoms with Crippen molar-refractivity contribution in [2.45, 2.75) is 6.92 Å². The molecule has 0 aliphatic rings. The molecule has 4 nitrogen and oxygen atoms in total. The number of esters is 1. The number of nitrogens with zero attached hydrogens (tertiary/aromatic N) is 1. The van der Waals surface area contributed by atoms with Gasteiger partial charge in [0.2, 0.25) is 0 Å². The van der Waals surface area contributed by atoms with Crippen molar-refractivity contribution >= 4 is 5.97 Å². The number of carbonyl (C=O) groups excluding carboxylic acids is 1. The van der Waals surface area contributed by atoms with E-state index in [1.54, 1.807) is 55.5 Å². The van der Waals surface area contributed by atoms with Crippen LogP contribution in [0.2, 0.25) is 0 Å². The molecule has 2 aromatic carbocycles. The van der Waals surface area contributed by atoms with Gasteiger partial charge in [-0.2, -0.15) is 5.26 Å². The Labute approximate surface area is 117 Å². The highest BCUT2D eigenvalue weighted by molar-refractivity contribution is 5.89. The minimum Gasteiger partial charge on any atom is -0.462 e. The third kappa shape index (κ3) is 3.36. The molecular formula is C16H13NO3. The van der Waals surface area contributed by atoms with Crippen LogP contribution in [0.25, 0.3) is 0 Å². The molecule has 0 radical (unpaired) electrons. The third-order valence-electron chi connectivity index (χ3n) is 2.56. The van der Waals surface area contributed by atoms with Crippen molar-refractivity contribution in [2.75, 3.05) is 6.61 Å². The minimum absolute atomic E-state index is 0.345. The molecule has 0 saturated carbocycles. The molecule has 0 spiro atoms. The maximum absolute atomic E-state index is 11.5. The van der Waals surface area contributed by atoms with Crippen LogP contribution in [0.15, 0.2) is 48.5 Å². The Morgan fingerprint density at radius 3 is 2.55 bits per heavy atom. The maximum atomic E-state index is 11.5. The van der Waals surface area contributed by atoms with Gasteiger partial charge in [-0.05, 0) is 49.4 Å². The zero-order valence-electron chi connectivity index (χ0n) is 11.0. The molecule has 4 heteroatoms. The number of carbonyl (C=O) groups is 1. The first kappa shape index (κ1) is 13.6. The number of ether oxygens (including phenoxy) is 2. The van der Waals surface area contributed by atoms with Crippen molar-refractivity contribution in [3.63, 3.8) is 0 Å². The molecule has 2 aromatic rings. The summed E-state index contributed by atoms with van der Waals surface area (Å²) in [4.78, 5) is 11.5. The van der Waals surface area contributed by atoms with Gasteiger partial charge in [-0.25, -0.2) is 4.79 Å². The highest BCUT2D eigenvalue weighted by Crippen LogP contribution is 2.22. The van der Waals surface area contributed by atoms with Crippen molar-refractivity contribution < 1.29 is 14.3 Å². The summed E-state index contributed by atoms with van der Waals surface area (Å²) in [6, 6.07) is 15.6. The lowest BCUT2D eigenvalue weighted by Gasteiger charge is -2.07. The molecule has 0 heterocycles. The summed E-state index contributed by atoms with van der Waals surface area (Å²) in [7, 11) is 0. The van der Waals surface area contributed by atoms with Crippen LogP contribution in [-0.4, -0.2) is 12.6 Å². The zero-order chi connectivity index (χ0) is 14.4. The predicted octanol–water partition coefficient (Wildman–Crippen LogP) is 3.53. The van der Waals surface area contributed by atoms with E-state index in [2.05, 4.69) is 6.07 Å². The lowest BCUT2D eigenvalue weighted by molar-refractivity contribution is 0.0526. The van der Waals surface area contributed by atoms with Crippen molar-refractivity contribution in [1.82, 2.24) is 0 Å². The van der Waals surface area contributed by atoms with Crippen LogP contribution in [0.5, 0.6) is 11.5 Å². The summed E-state index contributed by atoms with van der Waals surface area (Å²) < 4.78 is 10.5. The van der Waals surface area contributed by atoms with E-state index in [1.165, 1.54) is 0 Å². The van der Waals surface area contributed by atoms with Crippen molar-refractivity contribution in [3.8, 4) is 17.6 Å². The zero-order valence-corrected chi connectivity index (χ0v) is 11.0. The lowest BCUT2D eigenvalue weighted by atomic mass is 10.2. The summed E-state index contributed by atoms with van der Waals surface area (Å²) in [6.07, 6.45) is 0. The minimum atomic E-state index is -0.356.